The smallest absolute Gasteiger partial charge is 0.141 e. The lowest BCUT2D eigenvalue weighted by molar-refractivity contribution is 0.628. The molecule has 0 aliphatic heterocycles. The van der Waals surface area contributed by atoms with Gasteiger partial charge >= 0.3 is 0 Å². The predicted molar refractivity (Wildman–Crippen MR) is 73.5 cm³/mol. The van der Waals surface area contributed by atoms with E-state index in [0.29, 0.717) is 6.54 Å². The maximum Gasteiger partial charge on any atom is 0.141 e. The fourth-order valence-corrected chi connectivity index (χ4v) is 2.13. The molecule has 2 aromatic heterocycles. The molecule has 0 amide bonds. The van der Waals surface area contributed by atoms with Gasteiger partial charge < -0.3 is 10.1 Å². The minimum atomic E-state index is -0.431. The lowest BCUT2D eigenvalue weighted by Crippen LogP contribution is -1.96. The van der Waals surface area contributed by atoms with Crippen LogP contribution in [-0.2, 0) is 6.54 Å². The van der Waals surface area contributed by atoms with Crippen molar-refractivity contribution in [3.63, 3.8) is 0 Å². The molecule has 3 nitrogen and oxygen atoms in total. The fourth-order valence-electron chi connectivity index (χ4n) is 1.95. The van der Waals surface area contributed by atoms with Crippen LogP contribution in [0.4, 0.5) is 4.39 Å². The van der Waals surface area contributed by atoms with Crippen LogP contribution in [0.25, 0.3) is 16.9 Å². The molecule has 19 heavy (non-hydrogen) atoms. The Morgan fingerprint density at radius 1 is 1.26 bits per heavy atom. The van der Waals surface area contributed by atoms with E-state index in [-0.39, 0.29) is 5.02 Å². The first-order valence-electron chi connectivity index (χ1n) is 5.80. The highest BCUT2D eigenvalue weighted by Crippen LogP contribution is 2.24. The molecule has 0 atom stereocenters. The molecule has 0 spiro atoms. The molecule has 0 fully saturated rings. The number of imidazole rings is 1. The van der Waals surface area contributed by atoms with E-state index in [0.717, 1.165) is 22.5 Å². The minimum absolute atomic E-state index is 0.0946. The fraction of sp³-hybridized carbons (Fsp3) is 0.0714. The van der Waals surface area contributed by atoms with Gasteiger partial charge in [-0.3, -0.25) is 0 Å². The summed E-state index contributed by atoms with van der Waals surface area (Å²) in [4.78, 5) is 4.49. The molecule has 96 valence electrons. The summed E-state index contributed by atoms with van der Waals surface area (Å²) < 4.78 is 15.0. The van der Waals surface area contributed by atoms with Crippen LogP contribution in [0.5, 0.6) is 0 Å². The Kier molecular flexibility index (Phi) is 2.97. The summed E-state index contributed by atoms with van der Waals surface area (Å²) in [6, 6.07) is 8.44. The second-order valence-corrected chi connectivity index (χ2v) is 4.67. The monoisotopic (exact) mass is 275 g/mol. The molecule has 0 aliphatic rings. The first-order valence-corrected chi connectivity index (χ1v) is 6.18. The second-order valence-electron chi connectivity index (χ2n) is 4.26. The van der Waals surface area contributed by atoms with Crippen molar-refractivity contribution in [2.24, 2.45) is 5.73 Å². The first kappa shape index (κ1) is 12.1. The van der Waals surface area contributed by atoms with Crippen molar-refractivity contribution in [1.29, 1.82) is 0 Å². The average Bonchev–Trinajstić information content (AvgIpc) is 2.84. The zero-order valence-electron chi connectivity index (χ0n) is 9.98. The van der Waals surface area contributed by atoms with Crippen molar-refractivity contribution in [2.75, 3.05) is 0 Å². The third-order valence-electron chi connectivity index (χ3n) is 2.98. The molecule has 0 unspecified atom stereocenters. The Labute approximate surface area is 114 Å². The SMILES string of the molecule is NCc1ccn2cc(-c3ccc(F)c(Cl)c3)nc2c1. The number of aromatic nitrogens is 2. The van der Waals surface area contributed by atoms with Gasteiger partial charge in [0.25, 0.3) is 0 Å². The number of nitrogens with two attached hydrogens (primary N) is 1. The van der Waals surface area contributed by atoms with Crippen molar-refractivity contribution in [2.45, 2.75) is 6.54 Å². The molecular formula is C14H11ClFN3. The van der Waals surface area contributed by atoms with Gasteiger partial charge in [0.05, 0.1) is 10.7 Å². The Bertz CT molecular complexity index is 752. The van der Waals surface area contributed by atoms with E-state index in [1.807, 2.05) is 28.9 Å². The zero-order chi connectivity index (χ0) is 13.4. The summed E-state index contributed by atoms with van der Waals surface area (Å²) in [6.07, 6.45) is 3.78. The van der Waals surface area contributed by atoms with Crippen LogP contribution in [0.15, 0.2) is 42.7 Å². The standard InChI is InChI=1S/C14H11ClFN3/c15-11-6-10(1-2-12(11)16)13-8-19-4-3-9(7-17)5-14(19)18-13/h1-6,8H,7,17H2. The summed E-state index contributed by atoms with van der Waals surface area (Å²) in [5.41, 5.74) is 8.95. The number of hydrogen-bond acceptors (Lipinski definition) is 2. The van der Waals surface area contributed by atoms with Gasteiger partial charge in [-0.05, 0) is 35.9 Å². The van der Waals surface area contributed by atoms with E-state index in [1.165, 1.54) is 6.07 Å². The molecule has 2 N–H and O–H groups in total. The summed E-state index contributed by atoms with van der Waals surface area (Å²) >= 11 is 5.78. The van der Waals surface area contributed by atoms with Gasteiger partial charge in [-0.1, -0.05) is 11.6 Å². The Morgan fingerprint density at radius 3 is 2.84 bits per heavy atom. The lowest BCUT2D eigenvalue weighted by Gasteiger charge is -1.97. The molecule has 0 saturated carbocycles. The maximum atomic E-state index is 13.1. The molecule has 0 radical (unpaired) electrons. The highest BCUT2D eigenvalue weighted by molar-refractivity contribution is 6.31. The van der Waals surface area contributed by atoms with Gasteiger partial charge in [0.2, 0.25) is 0 Å². The van der Waals surface area contributed by atoms with Crippen LogP contribution in [0.2, 0.25) is 5.02 Å². The minimum Gasteiger partial charge on any atom is -0.326 e. The Morgan fingerprint density at radius 2 is 2.11 bits per heavy atom. The highest BCUT2D eigenvalue weighted by atomic mass is 35.5. The van der Waals surface area contributed by atoms with E-state index in [9.17, 15) is 4.39 Å². The molecule has 1 aromatic carbocycles. The molecule has 3 rings (SSSR count). The van der Waals surface area contributed by atoms with E-state index in [2.05, 4.69) is 4.98 Å². The quantitative estimate of drug-likeness (QED) is 0.780. The average molecular weight is 276 g/mol. The number of rotatable bonds is 2. The van der Waals surface area contributed by atoms with Crippen molar-refractivity contribution in [3.8, 4) is 11.3 Å². The molecule has 0 bridgehead atoms. The summed E-state index contributed by atoms with van der Waals surface area (Å²) in [6.45, 7) is 0.473. The van der Waals surface area contributed by atoms with Crippen LogP contribution in [0.1, 0.15) is 5.56 Å². The van der Waals surface area contributed by atoms with E-state index < -0.39 is 5.82 Å². The number of halogens is 2. The molecule has 0 aliphatic carbocycles. The molecule has 3 aromatic rings. The van der Waals surface area contributed by atoms with Gasteiger partial charge in [0, 0.05) is 24.5 Å². The topological polar surface area (TPSA) is 43.3 Å². The van der Waals surface area contributed by atoms with E-state index in [1.54, 1.807) is 12.1 Å². The third kappa shape index (κ3) is 2.20. The van der Waals surface area contributed by atoms with Gasteiger partial charge in [0.15, 0.2) is 0 Å². The molecule has 2 heterocycles. The first-order chi connectivity index (χ1) is 9.17. The number of pyridine rings is 1. The number of benzene rings is 1. The number of nitrogens with zero attached hydrogens (tertiary/aromatic N) is 2. The number of hydrogen-bond donors (Lipinski definition) is 1. The largest absolute Gasteiger partial charge is 0.326 e. The van der Waals surface area contributed by atoms with Gasteiger partial charge in [0.1, 0.15) is 11.5 Å². The number of fused-ring (bicyclic) bond motifs is 1. The molecular weight excluding hydrogens is 265 g/mol. The van der Waals surface area contributed by atoms with Crippen molar-refractivity contribution in [3.05, 3.63) is 59.1 Å². The van der Waals surface area contributed by atoms with Crippen LogP contribution in [-0.4, -0.2) is 9.38 Å². The zero-order valence-corrected chi connectivity index (χ0v) is 10.7. The maximum absolute atomic E-state index is 13.1. The van der Waals surface area contributed by atoms with Crippen LogP contribution in [0.3, 0.4) is 0 Å². The third-order valence-corrected chi connectivity index (χ3v) is 3.27. The normalized spacial score (nSPS) is 11.1. The lowest BCUT2D eigenvalue weighted by atomic mass is 10.2. The molecule has 0 saturated heterocycles. The summed E-state index contributed by atoms with van der Waals surface area (Å²) in [5, 5.41) is 0.0946. The molecule has 5 heteroatoms. The van der Waals surface area contributed by atoms with Gasteiger partial charge in [-0.25, -0.2) is 9.37 Å². The van der Waals surface area contributed by atoms with E-state index in [4.69, 9.17) is 17.3 Å². The van der Waals surface area contributed by atoms with Gasteiger partial charge in [-0.15, -0.1) is 0 Å². The predicted octanol–water partition coefficient (Wildman–Crippen LogP) is 3.25. The van der Waals surface area contributed by atoms with Crippen molar-refractivity contribution in [1.82, 2.24) is 9.38 Å². The Balaban J connectivity index is 2.11. The van der Waals surface area contributed by atoms with Crippen LogP contribution in [0, 0.1) is 5.82 Å². The van der Waals surface area contributed by atoms with Crippen LogP contribution < -0.4 is 5.73 Å². The van der Waals surface area contributed by atoms with E-state index >= 15 is 0 Å². The summed E-state index contributed by atoms with van der Waals surface area (Å²) in [5.74, 6) is -0.431. The van der Waals surface area contributed by atoms with Crippen LogP contribution >= 0.6 is 11.6 Å². The highest BCUT2D eigenvalue weighted by Gasteiger charge is 2.07. The second kappa shape index (κ2) is 4.64. The van der Waals surface area contributed by atoms with Crippen molar-refractivity contribution >= 4 is 17.2 Å². The Hall–Kier alpha value is -1.91. The van der Waals surface area contributed by atoms with Gasteiger partial charge in [-0.2, -0.15) is 0 Å². The van der Waals surface area contributed by atoms with Crippen molar-refractivity contribution < 1.29 is 4.39 Å². The summed E-state index contributed by atoms with van der Waals surface area (Å²) in [7, 11) is 0.